The summed E-state index contributed by atoms with van der Waals surface area (Å²) in [6, 6.07) is 2.36. The lowest BCUT2D eigenvalue weighted by atomic mass is 10.1. The Labute approximate surface area is 102 Å². The summed E-state index contributed by atoms with van der Waals surface area (Å²) in [6.07, 6.45) is 0.295. The minimum atomic E-state index is -0.869. The molecule has 0 aliphatic rings. The zero-order chi connectivity index (χ0) is 13.7. The molecule has 0 saturated heterocycles. The summed E-state index contributed by atoms with van der Waals surface area (Å²) in [5, 5.41) is 10.9. The van der Waals surface area contributed by atoms with E-state index in [9.17, 15) is 19.7 Å². The average molecular weight is 253 g/mol. The van der Waals surface area contributed by atoms with E-state index in [1.165, 1.54) is 19.2 Å². The number of nitrogens with zero attached hydrogens (tertiary/aromatic N) is 1. The van der Waals surface area contributed by atoms with Crippen LogP contribution in [-0.2, 0) is 4.74 Å². The molecular weight excluding hydrogens is 242 g/mol. The van der Waals surface area contributed by atoms with Crippen LogP contribution in [0.4, 0.5) is 5.69 Å². The zero-order valence-electron chi connectivity index (χ0n) is 9.84. The molecule has 7 heteroatoms. The molecule has 0 atom stereocenters. The molecule has 0 fully saturated rings. The monoisotopic (exact) mass is 253 g/mol. The lowest BCUT2D eigenvalue weighted by molar-refractivity contribution is -0.385. The Balaban J connectivity index is 3.48. The van der Waals surface area contributed by atoms with E-state index in [0.717, 1.165) is 0 Å². The fourth-order valence-corrected chi connectivity index (χ4v) is 1.41. The van der Waals surface area contributed by atoms with Gasteiger partial charge in [-0.25, -0.2) is 4.79 Å². The van der Waals surface area contributed by atoms with Gasteiger partial charge < -0.3 is 9.47 Å². The van der Waals surface area contributed by atoms with E-state index in [4.69, 9.17) is 9.47 Å². The number of carbonyl (C=O) groups is 2. The van der Waals surface area contributed by atoms with Gasteiger partial charge in [-0.1, -0.05) is 0 Å². The van der Waals surface area contributed by atoms with Gasteiger partial charge in [-0.3, -0.25) is 14.9 Å². The van der Waals surface area contributed by atoms with Crippen molar-refractivity contribution < 1.29 is 24.0 Å². The second kappa shape index (κ2) is 5.76. The fraction of sp³-hybridized carbons (Fsp3) is 0.273. The van der Waals surface area contributed by atoms with E-state index in [1.807, 2.05) is 0 Å². The number of methoxy groups -OCH3 is 1. The van der Waals surface area contributed by atoms with E-state index in [-0.39, 0.29) is 23.5 Å². The first-order valence-corrected chi connectivity index (χ1v) is 5.03. The van der Waals surface area contributed by atoms with Gasteiger partial charge in [-0.2, -0.15) is 0 Å². The Morgan fingerprint density at radius 3 is 2.61 bits per heavy atom. The van der Waals surface area contributed by atoms with Crippen molar-refractivity contribution in [3.8, 4) is 5.75 Å². The van der Waals surface area contributed by atoms with Gasteiger partial charge in [-0.05, 0) is 13.0 Å². The third-order valence-electron chi connectivity index (χ3n) is 2.15. The molecule has 0 saturated carbocycles. The Morgan fingerprint density at radius 1 is 1.50 bits per heavy atom. The van der Waals surface area contributed by atoms with Gasteiger partial charge >= 0.3 is 5.97 Å². The van der Waals surface area contributed by atoms with Crippen molar-refractivity contribution in [1.29, 1.82) is 0 Å². The number of nitro groups is 1. The first-order valence-electron chi connectivity index (χ1n) is 5.03. The molecule has 96 valence electrons. The number of hydrogen-bond acceptors (Lipinski definition) is 6. The predicted octanol–water partition coefficient (Wildman–Crippen LogP) is 1.59. The van der Waals surface area contributed by atoms with Crippen LogP contribution in [0.1, 0.15) is 27.6 Å². The van der Waals surface area contributed by atoms with Crippen LogP contribution in [0.2, 0.25) is 0 Å². The standard InChI is InChI=1S/C11H11NO6/c1-3-18-11(14)9-5-8(17-2)4-7(6-13)10(9)12(15)16/h4-6H,3H2,1-2H3. The van der Waals surface area contributed by atoms with Crippen LogP contribution in [0.5, 0.6) is 5.75 Å². The first kappa shape index (κ1) is 13.6. The molecular formula is C11H11NO6. The molecule has 18 heavy (non-hydrogen) atoms. The van der Waals surface area contributed by atoms with Crippen molar-refractivity contribution in [3.63, 3.8) is 0 Å². The SMILES string of the molecule is CCOC(=O)c1cc(OC)cc(C=O)c1[N+](=O)[O-]. The van der Waals surface area contributed by atoms with Crippen LogP contribution >= 0.6 is 0 Å². The largest absolute Gasteiger partial charge is 0.497 e. The number of hydrogen-bond donors (Lipinski definition) is 0. The van der Waals surface area contributed by atoms with Crippen LogP contribution in [0.25, 0.3) is 0 Å². The fourth-order valence-electron chi connectivity index (χ4n) is 1.41. The number of carbonyl (C=O) groups excluding carboxylic acids is 2. The van der Waals surface area contributed by atoms with Gasteiger partial charge in [0.2, 0.25) is 0 Å². The van der Waals surface area contributed by atoms with E-state index in [2.05, 4.69) is 0 Å². The molecule has 0 spiro atoms. The number of nitro benzene ring substituents is 1. The molecule has 0 aliphatic carbocycles. The smallest absolute Gasteiger partial charge is 0.345 e. The molecule has 0 unspecified atom stereocenters. The number of rotatable bonds is 5. The maximum atomic E-state index is 11.6. The Bertz CT molecular complexity index is 497. The maximum absolute atomic E-state index is 11.6. The summed E-state index contributed by atoms with van der Waals surface area (Å²) in [5.41, 5.74) is -1.12. The van der Waals surface area contributed by atoms with Crippen molar-refractivity contribution >= 4 is 17.9 Å². The molecule has 0 heterocycles. The van der Waals surface area contributed by atoms with Crippen molar-refractivity contribution in [2.24, 2.45) is 0 Å². The number of ether oxygens (including phenoxy) is 2. The second-order valence-electron chi connectivity index (χ2n) is 3.21. The molecule has 0 bridgehead atoms. The van der Waals surface area contributed by atoms with Crippen LogP contribution < -0.4 is 4.74 Å². The molecule has 0 amide bonds. The number of esters is 1. The summed E-state index contributed by atoms with van der Waals surface area (Å²) in [7, 11) is 1.32. The highest BCUT2D eigenvalue weighted by Gasteiger charge is 2.27. The minimum Gasteiger partial charge on any atom is -0.497 e. The summed E-state index contributed by atoms with van der Waals surface area (Å²) in [6.45, 7) is 1.65. The average Bonchev–Trinajstić information content (AvgIpc) is 2.36. The third-order valence-corrected chi connectivity index (χ3v) is 2.15. The lowest BCUT2D eigenvalue weighted by Crippen LogP contribution is -2.10. The molecule has 0 radical (unpaired) electrons. The van der Waals surface area contributed by atoms with Gasteiger partial charge in [0.25, 0.3) is 5.69 Å². The second-order valence-corrected chi connectivity index (χ2v) is 3.21. The first-order chi connectivity index (χ1) is 8.54. The van der Waals surface area contributed by atoms with Crippen molar-refractivity contribution in [2.75, 3.05) is 13.7 Å². The molecule has 0 aromatic heterocycles. The van der Waals surface area contributed by atoms with Gasteiger partial charge in [0.1, 0.15) is 11.3 Å². The van der Waals surface area contributed by atoms with Gasteiger partial charge in [0, 0.05) is 6.07 Å². The number of aldehydes is 1. The van der Waals surface area contributed by atoms with Crippen LogP contribution in [-0.4, -0.2) is 30.9 Å². The topological polar surface area (TPSA) is 95.7 Å². The Hall–Kier alpha value is -2.44. The summed E-state index contributed by atoms with van der Waals surface area (Å²) in [5.74, 6) is -0.697. The summed E-state index contributed by atoms with van der Waals surface area (Å²) >= 11 is 0. The Kier molecular flexibility index (Phi) is 4.36. The van der Waals surface area contributed by atoms with Crippen LogP contribution in [0.15, 0.2) is 12.1 Å². The van der Waals surface area contributed by atoms with Gasteiger partial charge in [0.15, 0.2) is 6.29 Å². The highest BCUT2D eigenvalue weighted by Crippen LogP contribution is 2.28. The van der Waals surface area contributed by atoms with Gasteiger partial charge in [0.05, 0.1) is 24.2 Å². The lowest BCUT2D eigenvalue weighted by Gasteiger charge is -2.07. The van der Waals surface area contributed by atoms with Crippen molar-refractivity contribution in [1.82, 2.24) is 0 Å². The maximum Gasteiger partial charge on any atom is 0.345 e. The molecule has 0 aliphatic heterocycles. The van der Waals surface area contributed by atoms with Crippen LogP contribution in [0, 0.1) is 10.1 Å². The van der Waals surface area contributed by atoms with E-state index >= 15 is 0 Å². The summed E-state index contributed by atoms with van der Waals surface area (Å²) in [4.78, 5) is 32.5. The molecule has 1 aromatic rings. The predicted molar refractivity (Wildman–Crippen MR) is 61.0 cm³/mol. The van der Waals surface area contributed by atoms with Crippen molar-refractivity contribution in [2.45, 2.75) is 6.92 Å². The molecule has 0 N–H and O–H groups in total. The van der Waals surface area contributed by atoms with E-state index < -0.39 is 16.6 Å². The molecule has 7 nitrogen and oxygen atoms in total. The van der Waals surface area contributed by atoms with Crippen molar-refractivity contribution in [3.05, 3.63) is 33.4 Å². The quantitative estimate of drug-likeness (QED) is 0.342. The highest BCUT2D eigenvalue weighted by molar-refractivity contribution is 5.99. The molecule has 1 aromatic carbocycles. The third kappa shape index (κ3) is 2.62. The van der Waals surface area contributed by atoms with E-state index in [1.54, 1.807) is 6.92 Å². The van der Waals surface area contributed by atoms with Crippen LogP contribution in [0.3, 0.4) is 0 Å². The number of benzene rings is 1. The minimum absolute atomic E-state index is 0.0730. The Morgan fingerprint density at radius 2 is 2.17 bits per heavy atom. The highest BCUT2D eigenvalue weighted by atomic mass is 16.6. The normalized spacial score (nSPS) is 9.67. The summed E-state index contributed by atoms with van der Waals surface area (Å²) < 4.78 is 9.57. The zero-order valence-corrected chi connectivity index (χ0v) is 9.84. The van der Waals surface area contributed by atoms with Gasteiger partial charge in [-0.15, -0.1) is 0 Å². The molecule has 1 rings (SSSR count). The van der Waals surface area contributed by atoms with E-state index in [0.29, 0.717) is 6.29 Å².